The molecule has 4 aromatic rings. The van der Waals surface area contributed by atoms with Crippen LogP contribution in [0.5, 0.6) is 23.0 Å². The van der Waals surface area contributed by atoms with Crippen LogP contribution >= 0.6 is 15.9 Å². The lowest BCUT2D eigenvalue weighted by Gasteiger charge is -2.44. The molecule has 15 heteroatoms. The third-order valence-electron chi connectivity index (χ3n) is 14.3. The van der Waals surface area contributed by atoms with E-state index in [1.807, 2.05) is 36.4 Å². The van der Waals surface area contributed by atoms with Gasteiger partial charge in [0, 0.05) is 52.4 Å². The van der Waals surface area contributed by atoms with Gasteiger partial charge in [-0.15, -0.1) is 0 Å². The number of aliphatic hydroxyl groups excluding tert-OH is 5. The number of carbonyl (C=O) groups is 1. The molecule has 0 aromatic heterocycles. The zero-order chi connectivity index (χ0) is 53.5. The van der Waals surface area contributed by atoms with Gasteiger partial charge in [0.1, 0.15) is 40.5 Å². The van der Waals surface area contributed by atoms with Crippen molar-refractivity contribution in [2.45, 2.75) is 187 Å². The van der Waals surface area contributed by atoms with E-state index in [0.717, 1.165) is 57.4 Å². The second-order valence-electron chi connectivity index (χ2n) is 22.9. The Hall–Kier alpha value is -3.62. The number of halogens is 1. The summed E-state index contributed by atoms with van der Waals surface area (Å²) in [5.74, 6) is 2.77. The highest BCUT2D eigenvalue weighted by Gasteiger charge is 2.45. The van der Waals surface area contributed by atoms with E-state index in [1.54, 1.807) is 18.2 Å². The lowest BCUT2D eigenvalue weighted by atomic mass is 9.89. The van der Waals surface area contributed by atoms with Crippen molar-refractivity contribution >= 4 is 38.9 Å². The SMILES string of the molecule is CC1(C)CC(O[Si](C)(C)C(C)(C)C)c2cc(Br)ccc2O1.COc1cc(CC(O)c2ccc3c(c2)C(O[Si](C)(C)C(C)(C)C)CC(C)(C)O3)cc(CO)c1CO.COc1cc(CC=O)cc(CO)c1CO. The topological polar surface area (TPSA) is 174 Å². The van der Waals surface area contributed by atoms with Crippen molar-refractivity contribution in [1.29, 1.82) is 0 Å². The number of aldehydes is 1. The van der Waals surface area contributed by atoms with Gasteiger partial charge in [-0.3, -0.25) is 0 Å². The molecule has 0 amide bonds. The maximum absolute atomic E-state index is 11.2. The number of hydrogen-bond donors (Lipinski definition) is 5. The summed E-state index contributed by atoms with van der Waals surface area (Å²) in [6, 6.07) is 19.1. The maximum Gasteiger partial charge on any atom is 0.192 e. The summed E-state index contributed by atoms with van der Waals surface area (Å²) >= 11 is 3.57. The van der Waals surface area contributed by atoms with E-state index in [1.165, 1.54) is 19.8 Å². The Kier molecular flexibility index (Phi) is 20.4. The summed E-state index contributed by atoms with van der Waals surface area (Å²) in [5.41, 5.74) is 6.31. The molecule has 0 saturated carbocycles. The Morgan fingerprint density at radius 1 is 0.662 bits per heavy atom. The summed E-state index contributed by atoms with van der Waals surface area (Å²) in [7, 11) is -0.829. The minimum Gasteiger partial charge on any atom is -0.496 e. The molecule has 0 aliphatic carbocycles. The van der Waals surface area contributed by atoms with Gasteiger partial charge in [0.2, 0.25) is 0 Å². The summed E-state index contributed by atoms with van der Waals surface area (Å²) in [5, 5.41) is 49.1. The standard InChI is InChI=1S/C28H42O6Si.C17H27BrO2Si.C11H14O4/c1-27(2,3)35(7,8)34-26-15-28(4,5)33-24-10-9-19(14-21(24)26)23(31)12-18-11-20(16-29)22(17-30)25(13-18)32-6;1-16(2,3)21(6,7)20-15-11-17(4,5)19-14-9-8-12(18)10-13(14)15;1-15-11-5-8(2-3-12)4-9(6-13)10(11)7-14/h9-11,13-14,23,26,29-31H,12,15-17H2,1-8H3;8-10,15H,11H2,1-7H3;3-5,13-14H,2,6-7H2,1H3. The normalized spacial score (nSPS) is 17.7. The molecule has 0 saturated heterocycles. The number of ether oxygens (including phenoxy) is 4. The summed E-state index contributed by atoms with van der Waals surface area (Å²) < 4.78 is 37.5. The number of aliphatic hydroxyl groups is 5. The van der Waals surface area contributed by atoms with Crippen molar-refractivity contribution in [3.05, 3.63) is 115 Å². The maximum atomic E-state index is 11.2. The fourth-order valence-corrected chi connectivity index (χ4v) is 11.2. The smallest absolute Gasteiger partial charge is 0.192 e. The number of hydrogen-bond acceptors (Lipinski definition) is 12. The highest BCUT2D eigenvalue weighted by atomic mass is 79.9. The molecule has 0 spiro atoms. The molecule has 2 aliphatic heterocycles. The van der Waals surface area contributed by atoms with Crippen LogP contribution in [0.25, 0.3) is 0 Å². The van der Waals surface area contributed by atoms with Crippen LogP contribution < -0.4 is 18.9 Å². The van der Waals surface area contributed by atoms with Gasteiger partial charge in [0.15, 0.2) is 16.6 Å². The molecule has 3 atom stereocenters. The molecule has 0 bridgehead atoms. The van der Waals surface area contributed by atoms with Gasteiger partial charge in [0.25, 0.3) is 0 Å². The molecular formula is C56H83BrO12Si2. The van der Waals surface area contributed by atoms with Gasteiger partial charge < -0.3 is 58.1 Å². The van der Waals surface area contributed by atoms with Gasteiger partial charge in [0.05, 0.1) is 59.0 Å². The highest BCUT2D eigenvalue weighted by Crippen LogP contribution is 2.49. The molecule has 5 N–H and O–H groups in total. The van der Waals surface area contributed by atoms with E-state index >= 15 is 0 Å². The lowest BCUT2D eigenvalue weighted by molar-refractivity contribution is -0.107. The first kappa shape index (κ1) is 59.9. The van der Waals surface area contributed by atoms with Crippen LogP contribution in [0.4, 0.5) is 0 Å². The number of methoxy groups -OCH3 is 2. The monoisotopic (exact) mass is 1080 g/mol. The van der Waals surface area contributed by atoms with Crippen molar-refractivity contribution in [2.75, 3.05) is 14.2 Å². The van der Waals surface area contributed by atoms with E-state index in [0.29, 0.717) is 40.2 Å². The molecular weight excluding hydrogens is 1000 g/mol. The van der Waals surface area contributed by atoms with E-state index < -0.39 is 22.7 Å². The first-order valence-electron chi connectivity index (χ1n) is 24.5. The minimum absolute atomic E-state index is 0.0803. The Labute approximate surface area is 434 Å². The third kappa shape index (κ3) is 15.5. The number of rotatable bonds is 15. The fraction of sp³-hybridized carbons (Fsp3) is 0.554. The van der Waals surface area contributed by atoms with Gasteiger partial charge in [-0.25, -0.2) is 0 Å². The molecule has 71 heavy (non-hydrogen) atoms. The molecule has 3 unspecified atom stereocenters. The number of fused-ring (bicyclic) bond motifs is 2. The van der Waals surface area contributed by atoms with Crippen LogP contribution in [0, 0.1) is 0 Å². The van der Waals surface area contributed by atoms with Crippen molar-refractivity contribution in [3.8, 4) is 23.0 Å². The Balaban J connectivity index is 0.000000257. The average Bonchev–Trinajstić information content (AvgIpc) is 3.27. The van der Waals surface area contributed by atoms with Gasteiger partial charge in [-0.1, -0.05) is 75.7 Å². The van der Waals surface area contributed by atoms with Gasteiger partial charge in [-0.2, -0.15) is 0 Å². The average molecular weight is 1080 g/mol. The first-order valence-corrected chi connectivity index (χ1v) is 31.1. The van der Waals surface area contributed by atoms with Crippen LogP contribution in [0.15, 0.2) is 65.1 Å². The first-order chi connectivity index (χ1) is 32.9. The second kappa shape index (κ2) is 24.2. The molecule has 0 radical (unpaired) electrons. The highest BCUT2D eigenvalue weighted by molar-refractivity contribution is 9.10. The van der Waals surface area contributed by atoms with Crippen molar-refractivity contribution in [1.82, 2.24) is 0 Å². The third-order valence-corrected chi connectivity index (χ3v) is 23.7. The van der Waals surface area contributed by atoms with Crippen LogP contribution in [-0.4, -0.2) is 73.9 Å². The van der Waals surface area contributed by atoms with Crippen molar-refractivity contribution in [2.24, 2.45) is 0 Å². The van der Waals surface area contributed by atoms with E-state index in [-0.39, 0.29) is 66.3 Å². The zero-order valence-electron chi connectivity index (χ0n) is 45.2. The van der Waals surface area contributed by atoms with E-state index in [2.05, 4.69) is 117 Å². The molecule has 2 aliphatic rings. The largest absolute Gasteiger partial charge is 0.496 e. The predicted octanol–water partition coefficient (Wildman–Crippen LogP) is 12.1. The second-order valence-corrected chi connectivity index (χ2v) is 33.4. The molecule has 394 valence electrons. The van der Waals surface area contributed by atoms with Crippen molar-refractivity contribution < 1.29 is 58.1 Å². The van der Waals surface area contributed by atoms with Gasteiger partial charge >= 0.3 is 0 Å². The molecule has 0 fully saturated rings. The van der Waals surface area contributed by atoms with E-state index in [4.69, 9.17) is 38.0 Å². The summed E-state index contributed by atoms with van der Waals surface area (Å²) in [6.45, 7) is 30.3. The van der Waals surface area contributed by atoms with Crippen molar-refractivity contribution in [3.63, 3.8) is 0 Å². The Morgan fingerprint density at radius 2 is 1.08 bits per heavy atom. The Bertz CT molecular complexity index is 2370. The minimum atomic E-state index is -2.04. The molecule has 12 nitrogen and oxygen atoms in total. The number of carbonyl (C=O) groups excluding carboxylic acids is 1. The fourth-order valence-electron chi connectivity index (χ4n) is 8.26. The molecule has 6 rings (SSSR count). The van der Waals surface area contributed by atoms with Crippen LogP contribution in [0.3, 0.4) is 0 Å². The quantitative estimate of drug-likeness (QED) is 0.0564. The van der Waals surface area contributed by atoms with Crippen LogP contribution in [0.2, 0.25) is 36.3 Å². The molecule has 2 heterocycles. The van der Waals surface area contributed by atoms with Crippen LogP contribution in [-0.2, 0) is 52.9 Å². The number of benzene rings is 4. The van der Waals surface area contributed by atoms with E-state index in [9.17, 15) is 20.1 Å². The van der Waals surface area contributed by atoms with Crippen LogP contribution in [0.1, 0.15) is 150 Å². The predicted molar refractivity (Wildman–Crippen MR) is 289 cm³/mol. The summed E-state index contributed by atoms with van der Waals surface area (Å²) in [4.78, 5) is 10.4. The molecule has 4 aromatic carbocycles. The zero-order valence-corrected chi connectivity index (χ0v) is 48.8. The Morgan fingerprint density at radius 3 is 1.49 bits per heavy atom. The lowest BCUT2D eigenvalue weighted by Crippen LogP contribution is -2.45. The summed E-state index contributed by atoms with van der Waals surface area (Å²) in [6.07, 6.45) is 2.28. The van der Waals surface area contributed by atoms with Gasteiger partial charge in [-0.05, 0) is 134 Å².